The standard InChI is InChI=1S/C14H16O6/c1-9(20-14(17)5-4-13(15)16)6-10-2-3-11-12(7-10)19-8-18-11/h2-3,7,9H,4-6,8H2,1H3,(H,15,16)/t9-/m1/s1. The van der Waals surface area contributed by atoms with Crippen LogP contribution in [-0.2, 0) is 20.7 Å². The summed E-state index contributed by atoms with van der Waals surface area (Å²) in [5.41, 5.74) is 0.966. The fourth-order valence-corrected chi connectivity index (χ4v) is 1.93. The van der Waals surface area contributed by atoms with Gasteiger partial charge in [0.1, 0.15) is 6.10 Å². The van der Waals surface area contributed by atoms with Gasteiger partial charge in [0.2, 0.25) is 6.79 Å². The van der Waals surface area contributed by atoms with E-state index in [1.807, 2.05) is 18.2 Å². The van der Waals surface area contributed by atoms with Crippen molar-refractivity contribution in [3.63, 3.8) is 0 Å². The zero-order chi connectivity index (χ0) is 14.5. The van der Waals surface area contributed by atoms with Crippen molar-refractivity contribution in [2.24, 2.45) is 0 Å². The first-order valence-electron chi connectivity index (χ1n) is 6.34. The fourth-order valence-electron chi connectivity index (χ4n) is 1.93. The zero-order valence-electron chi connectivity index (χ0n) is 11.1. The van der Waals surface area contributed by atoms with Crippen molar-refractivity contribution in [1.82, 2.24) is 0 Å². The van der Waals surface area contributed by atoms with E-state index in [1.54, 1.807) is 6.92 Å². The van der Waals surface area contributed by atoms with Crippen molar-refractivity contribution in [2.75, 3.05) is 6.79 Å². The molecule has 1 N–H and O–H groups in total. The molecule has 0 amide bonds. The maximum atomic E-state index is 11.4. The largest absolute Gasteiger partial charge is 0.481 e. The van der Waals surface area contributed by atoms with Gasteiger partial charge in [-0.2, -0.15) is 0 Å². The Balaban J connectivity index is 1.83. The second kappa shape index (κ2) is 6.27. The molecule has 1 atom stereocenters. The molecule has 0 spiro atoms. The van der Waals surface area contributed by atoms with Gasteiger partial charge in [0.15, 0.2) is 11.5 Å². The number of rotatable bonds is 6. The highest BCUT2D eigenvalue weighted by molar-refractivity contribution is 5.76. The molecule has 6 nitrogen and oxygen atoms in total. The Bertz CT molecular complexity index is 510. The van der Waals surface area contributed by atoms with Crippen LogP contribution in [0.5, 0.6) is 11.5 Å². The van der Waals surface area contributed by atoms with Crippen molar-refractivity contribution >= 4 is 11.9 Å². The summed E-state index contributed by atoms with van der Waals surface area (Å²) < 4.78 is 15.6. The van der Waals surface area contributed by atoms with Crippen LogP contribution < -0.4 is 9.47 Å². The summed E-state index contributed by atoms with van der Waals surface area (Å²) in [4.78, 5) is 21.8. The highest BCUT2D eigenvalue weighted by Gasteiger charge is 2.16. The molecule has 6 heteroatoms. The molecule has 0 aliphatic carbocycles. The number of ether oxygens (including phenoxy) is 3. The number of hydrogen-bond donors (Lipinski definition) is 1. The molecule has 1 aromatic rings. The Hall–Kier alpha value is -2.24. The molecule has 108 valence electrons. The van der Waals surface area contributed by atoms with E-state index in [-0.39, 0.29) is 25.7 Å². The summed E-state index contributed by atoms with van der Waals surface area (Å²) in [5.74, 6) is -0.113. The summed E-state index contributed by atoms with van der Waals surface area (Å²) >= 11 is 0. The van der Waals surface area contributed by atoms with E-state index in [2.05, 4.69) is 0 Å². The van der Waals surface area contributed by atoms with Gasteiger partial charge in [-0.1, -0.05) is 6.07 Å². The first-order chi connectivity index (χ1) is 9.54. The maximum Gasteiger partial charge on any atom is 0.306 e. The lowest BCUT2D eigenvalue weighted by Gasteiger charge is -2.13. The number of carbonyl (C=O) groups excluding carboxylic acids is 1. The third-order valence-corrected chi connectivity index (χ3v) is 2.84. The van der Waals surface area contributed by atoms with Crippen molar-refractivity contribution in [3.8, 4) is 11.5 Å². The molecule has 1 aliphatic heterocycles. The Kier molecular flexibility index (Phi) is 4.45. The van der Waals surface area contributed by atoms with Gasteiger partial charge in [0.05, 0.1) is 12.8 Å². The molecule has 1 aromatic carbocycles. The van der Waals surface area contributed by atoms with Crippen LogP contribution in [0.4, 0.5) is 0 Å². The van der Waals surface area contributed by atoms with Crippen LogP contribution in [0, 0.1) is 0 Å². The topological polar surface area (TPSA) is 82.1 Å². The highest BCUT2D eigenvalue weighted by Crippen LogP contribution is 2.32. The summed E-state index contributed by atoms with van der Waals surface area (Å²) in [7, 11) is 0. The van der Waals surface area contributed by atoms with E-state index in [4.69, 9.17) is 19.3 Å². The van der Waals surface area contributed by atoms with Crippen LogP contribution in [0.15, 0.2) is 18.2 Å². The lowest BCUT2D eigenvalue weighted by atomic mass is 10.1. The van der Waals surface area contributed by atoms with E-state index in [0.717, 1.165) is 5.56 Å². The lowest BCUT2D eigenvalue weighted by Crippen LogP contribution is -2.18. The molecule has 1 heterocycles. The van der Waals surface area contributed by atoms with Gasteiger partial charge in [0, 0.05) is 6.42 Å². The average Bonchev–Trinajstić information content (AvgIpc) is 2.83. The number of aliphatic carboxylic acids is 1. The van der Waals surface area contributed by atoms with Crippen molar-refractivity contribution < 1.29 is 28.9 Å². The minimum Gasteiger partial charge on any atom is -0.481 e. The molecule has 0 radical (unpaired) electrons. The summed E-state index contributed by atoms with van der Waals surface area (Å²) in [6.07, 6.45) is -0.108. The maximum absolute atomic E-state index is 11.4. The monoisotopic (exact) mass is 280 g/mol. The van der Waals surface area contributed by atoms with Gasteiger partial charge in [-0.15, -0.1) is 0 Å². The van der Waals surface area contributed by atoms with E-state index >= 15 is 0 Å². The number of benzene rings is 1. The van der Waals surface area contributed by atoms with Gasteiger partial charge in [-0.3, -0.25) is 9.59 Å². The van der Waals surface area contributed by atoms with Gasteiger partial charge in [-0.25, -0.2) is 0 Å². The van der Waals surface area contributed by atoms with Crippen molar-refractivity contribution in [1.29, 1.82) is 0 Å². The molecule has 0 aromatic heterocycles. The molecule has 20 heavy (non-hydrogen) atoms. The average molecular weight is 280 g/mol. The van der Waals surface area contributed by atoms with E-state index in [0.29, 0.717) is 17.9 Å². The summed E-state index contributed by atoms with van der Waals surface area (Å²) in [6.45, 7) is 1.99. The predicted octanol–water partition coefficient (Wildman–Crippen LogP) is 1.75. The lowest BCUT2D eigenvalue weighted by molar-refractivity contribution is -0.151. The van der Waals surface area contributed by atoms with Crippen LogP contribution in [0.3, 0.4) is 0 Å². The molecular formula is C14H16O6. The van der Waals surface area contributed by atoms with Crippen LogP contribution in [-0.4, -0.2) is 29.9 Å². The van der Waals surface area contributed by atoms with Gasteiger partial charge < -0.3 is 19.3 Å². The summed E-state index contributed by atoms with van der Waals surface area (Å²) in [6, 6.07) is 5.55. The first-order valence-corrected chi connectivity index (χ1v) is 6.34. The smallest absolute Gasteiger partial charge is 0.306 e. The summed E-state index contributed by atoms with van der Waals surface area (Å²) in [5, 5.41) is 8.49. The number of hydrogen-bond acceptors (Lipinski definition) is 5. The molecule has 2 rings (SSSR count). The zero-order valence-corrected chi connectivity index (χ0v) is 11.1. The Labute approximate surface area is 116 Å². The number of fused-ring (bicyclic) bond motifs is 1. The number of carboxylic acid groups (broad SMARTS) is 1. The van der Waals surface area contributed by atoms with Crippen LogP contribution in [0.2, 0.25) is 0 Å². The van der Waals surface area contributed by atoms with Gasteiger partial charge in [-0.05, 0) is 24.6 Å². The molecule has 0 unspecified atom stereocenters. The molecule has 0 saturated heterocycles. The third-order valence-electron chi connectivity index (χ3n) is 2.84. The fraction of sp³-hybridized carbons (Fsp3) is 0.429. The van der Waals surface area contributed by atoms with Crippen LogP contribution in [0.25, 0.3) is 0 Å². The molecule has 0 fully saturated rings. The Morgan fingerprint density at radius 3 is 2.80 bits per heavy atom. The van der Waals surface area contributed by atoms with E-state index < -0.39 is 11.9 Å². The first kappa shape index (κ1) is 14.2. The number of esters is 1. The van der Waals surface area contributed by atoms with Gasteiger partial charge in [0.25, 0.3) is 0 Å². The third kappa shape index (κ3) is 3.88. The van der Waals surface area contributed by atoms with Crippen LogP contribution in [0.1, 0.15) is 25.3 Å². The minimum atomic E-state index is -1.01. The van der Waals surface area contributed by atoms with Crippen molar-refractivity contribution in [3.05, 3.63) is 23.8 Å². The number of carboxylic acids is 1. The highest BCUT2D eigenvalue weighted by atomic mass is 16.7. The molecule has 1 aliphatic rings. The molecule has 0 bridgehead atoms. The minimum absolute atomic E-state index is 0.110. The molecule has 0 saturated carbocycles. The van der Waals surface area contributed by atoms with E-state index in [1.165, 1.54) is 0 Å². The normalized spacial score (nSPS) is 13.8. The molecular weight excluding hydrogens is 264 g/mol. The van der Waals surface area contributed by atoms with E-state index in [9.17, 15) is 9.59 Å². The second-order valence-electron chi connectivity index (χ2n) is 4.59. The second-order valence-corrected chi connectivity index (χ2v) is 4.59. The van der Waals surface area contributed by atoms with Crippen molar-refractivity contribution in [2.45, 2.75) is 32.3 Å². The number of carbonyl (C=O) groups is 2. The quantitative estimate of drug-likeness (QED) is 0.799. The Morgan fingerprint density at radius 2 is 2.05 bits per heavy atom. The SMILES string of the molecule is C[C@H](Cc1ccc2c(c1)OCO2)OC(=O)CCC(=O)O. The van der Waals surface area contributed by atoms with Gasteiger partial charge >= 0.3 is 11.9 Å². The Morgan fingerprint density at radius 1 is 1.30 bits per heavy atom. The predicted molar refractivity (Wildman–Crippen MR) is 68.7 cm³/mol. The van der Waals surface area contributed by atoms with Crippen LogP contribution >= 0.6 is 0 Å².